The number of amides is 2. The lowest BCUT2D eigenvalue weighted by atomic mass is 10.0. The highest BCUT2D eigenvalue weighted by atomic mass is 35.5. The quantitative estimate of drug-likeness (QED) is 0.242. The summed E-state index contributed by atoms with van der Waals surface area (Å²) < 4.78 is 0. The summed E-state index contributed by atoms with van der Waals surface area (Å²) in [6.45, 7) is 6.77. The van der Waals surface area contributed by atoms with E-state index in [2.05, 4.69) is 17.1 Å². The maximum Gasteiger partial charge on any atom is 0.265 e. The molecule has 202 valence electrons. The first-order chi connectivity index (χ1) is 19.0. The van der Waals surface area contributed by atoms with Crippen LogP contribution in [0.3, 0.4) is 0 Å². The van der Waals surface area contributed by atoms with Crippen molar-refractivity contribution >= 4 is 46.9 Å². The Bertz CT molecular complexity index is 1360. The molecule has 5 rings (SSSR count). The molecule has 2 amide bonds. The van der Waals surface area contributed by atoms with Crippen molar-refractivity contribution in [2.45, 2.75) is 37.6 Å². The summed E-state index contributed by atoms with van der Waals surface area (Å²) in [6, 6.07) is 23.0. The van der Waals surface area contributed by atoms with E-state index in [-0.39, 0.29) is 11.8 Å². The van der Waals surface area contributed by atoms with Crippen LogP contribution in [0.15, 0.2) is 82.6 Å². The molecule has 3 aromatic carbocycles. The third-order valence-electron chi connectivity index (χ3n) is 7.21. The predicted molar refractivity (Wildman–Crippen MR) is 161 cm³/mol. The molecule has 0 radical (unpaired) electrons. The number of carbonyl (C=O) groups is 2. The number of fused-ring (bicyclic) bond motifs is 1. The van der Waals surface area contributed by atoms with Gasteiger partial charge in [-0.15, -0.1) is 0 Å². The summed E-state index contributed by atoms with van der Waals surface area (Å²) in [7, 11) is 0. The molecule has 2 aliphatic rings. The fourth-order valence-corrected chi connectivity index (χ4v) is 6.49. The van der Waals surface area contributed by atoms with Crippen molar-refractivity contribution in [3.8, 4) is 0 Å². The summed E-state index contributed by atoms with van der Waals surface area (Å²) in [4.78, 5) is 32.2. The highest BCUT2D eigenvalue weighted by Crippen LogP contribution is 2.42. The average molecular weight is 560 g/mol. The fourth-order valence-electron chi connectivity index (χ4n) is 5.22. The van der Waals surface area contributed by atoms with E-state index in [0.29, 0.717) is 28.6 Å². The minimum Gasteiger partial charge on any atom is -0.352 e. The normalized spacial score (nSPS) is 18.7. The minimum atomic E-state index is -0.0639. The number of thioether (sulfide) groups is 1. The van der Waals surface area contributed by atoms with Crippen LogP contribution in [0.5, 0.6) is 0 Å². The van der Waals surface area contributed by atoms with Crippen LogP contribution in [-0.2, 0) is 11.3 Å². The van der Waals surface area contributed by atoms with Crippen molar-refractivity contribution in [2.75, 3.05) is 31.1 Å². The van der Waals surface area contributed by atoms with Gasteiger partial charge in [-0.3, -0.25) is 9.59 Å². The van der Waals surface area contributed by atoms with E-state index in [4.69, 9.17) is 11.6 Å². The number of piperidine rings is 1. The fraction of sp³-hybridized carbons (Fsp3) is 0.312. The molecule has 7 heteroatoms. The van der Waals surface area contributed by atoms with Gasteiger partial charge in [-0.05, 0) is 91.9 Å². The number of para-hydroxylation sites is 1. The van der Waals surface area contributed by atoms with Crippen molar-refractivity contribution in [2.24, 2.45) is 5.92 Å². The number of likely N-dealkylation sites (tertiary alicyclic amines) is 1. The Morgan fingerprint density at radius 1 is 1.10 bits per heavy atom. The van der Waals surface area contributed by atoms with Gasteiger partial charge in [0.25, 0.3) is 11.8 Å². The van der Waals surface area contributed by atoms with E-state index >= 15 is 0 Å². The molecule has 1 N–H and O–H groups in total. The van der Waals surface area contributed by atoms with Crippen LogP contribution in [0.4, 0.5) is 5.69 Å². The first-order valence-corrected chi connectivity index (χ1v) is 14.8. The first-order valence-electron chi connectivity index (χ1n) is 13.6. The molecule has 0 spiro atoms. The van der Waals surface area contributed by atoms with Crippen LogP contribution in [0, 0.1) is 5.92 Å². The number of hydrogen-bond acceptors (Lipinski definition) is 4. The summed E-state index contributed by atoms with van der Waals surface area (Å²) in [5, 5.41) is 3.70. The molecule has 1 fully saturated rings. The average Bonchev–Trinajstić information content (AvgIpc) is 2.94. The van der Waals surface area contributed by atoms with E-state index in [1.807, 2.05) is 78.9 Å². The van der Waals surface area contributed by atoms with Gasteiger partial charge in [0.1, 0.15) is 0 Å². The van der Waals surface area contributed by atoms with Crippen molar-refractivity contribution in [3.05, 3.63) is 99.4 Å². The van der Waals surface area contributed by atoms with Gasteiger partial charge in [-0.25, -0.2) is 0 Å². The van der Waals surface area contributed by atoms with Crippen LogP contribution >= 0.6 is 23.4 Å². The van der Waals surface area contributed by atoms with Gasteiger partial charge in [-0.1, -0.05) is 66.7 Å². The number of hydrogen-bond donors (Lipinski definition) is 1. The molecule has 1 unspecified atom stereocenters. The molecule has 0 aliphatic carbocycles. The highest BCUT2D eigenvalue weighted by molar-refractivity contribution is 8.04. The number of carbonyl (C=O) groups excluding carboxylic acids is 2. The Balaban J connectivity index is 1.22. The van der Waals surface area contributed by atoms with Crippen molar-refractivity contribution in [1.82, 2.24) is 10.2 Å². The maximum absolute atomic E-state index is 13.6. The van der Waals surface area contributed by atoms with Crippen LogP contribution in [0.1, 0.15) is 47.7 Å². The molecule has 2 heterocycles. The molecular weight excluding hydrogens is 526 g/mol. The van der Waals surface area contributed by atoms with Crippen LogP contribution in [0.2, 0.25) is 5.02 Å². The van der Waals surface area contributed by atoms with Gasteiger partial charge in [-0.2, -0.15) is 0 Å². The first kappa shape index (κ1) is 27.5. The summed E-state index contributed by atoms with van der Waals surface area (Å²) in [5.74, 6) is 0.652. The molecule has 3 aromatic rings. The molecule has 0 bridgehead atoms. The zero-order chi connectivity index (χ0) is 27.2. The second-order valence-electron chi connectivity index (χ2n) is 10.4. The number of rotatable bonds is 8. The van der Waals surface area contributed by atoms with Crippen LogP contribution in [-0.4, -0.2) is 42.9 Å². The predicted octanol–water partition coefficient (Wildman–Crippen LogP) is 6.87. The molecule has 1 saturated heterocycles. The zero-order valence-electron chi connectivity index (χ0n) is 22.2. The summed E-state index contributed by atoms with van der Waals surface area (Å²) in [6.07, 6.45) is 5.44. The van der Waals surface area contributed by atoms with E-state index in [9.17, 15) is 9.59 Å². The van der Waals surface area contributed by atoms with Crippen LogP contribution < -0.4 is 10.2 Å². The molecule has 1 atom stereocenters. The highest BCUT2D eigenvalue weighted by Gasteiger charge is 2.29. The lowest BCUT2D eigenvalue weighted by molar-refractivity contribution is -0.114. The van der Waals surface area contributed by atoms with Crippen molar-refractivity contribution in [1.29, 1.82) is 0 Å². The van der Waals surface area contributed by atoms with E-state index < -0.39 is 0 Å². The van der Waals surface area contributed by atoms with Gasteiger partial charge in [0.15, 0.2) is 0 Å². The number of nitrogens with zero attached hydrogens (tertiary/aromatic N) is 2. The second-order valence-corrected chi connectivity index (χ2v) is 11.9. The Hall–Kier alpha value is -3.06. The number of benzene rings is 3. The lowest BCUT2D eigenvalue weighted by Gasteiger charge is -2.30. The van der Waals surface area contributed by atoms with Gasteiger partial charge in [0, 0.05) is 28.6 Å². The van der Waals surface area contributed by atoms with Crippen molar-refractivity contribution < 1.29 is 9.59 Å². The number of anilines is 1. The number of nitrogens with one attached hydrogen (secondary N) is 1. The standard InChI is InChI=1S/C32H34ClN3O2S/c1-23-7-5-17-35(21-23)18-6-16-34-31(37)26-14-12-24(13-15-26)20-30-32(38)36(22-25-8-4-9-27(33)19-25)28-10-2-3-11-29(28)39-30/h2-4,8-15,19-20,23H,5-7,16-18,21-22H2,1H3,(H,34,37)/b30-20-. The molecule has 0 aromatic heterocycles. The largest absolute Gasteiger partial charge is 0.352 e. The number of halogens is 1. The summed E-state index contributed by atoms with van der Waals surface area (Å²) >= 11 is 7.67. The lowest BCUT2D eigenvalue weighted by Crippen LogP contribution is -2.36. The van der Waals surface area contributed by atoms with Crippen molar-refractivity contribution in [3.63, 3.8) is 0 Å². The third-order valence-corrected chi connectivity index (χ3v) is 8.52. The third kappa shape index (κ3) is 7.13. The SMILES string of the molecule is CC1CCCN(CCCNC(=O)c2ccc(/C=C3\Sc4ccccc4N(Cc4cccc(Cl)c4)C3=O)cc2)C1. The van der Waals surface area contributed by atoms with E-state index in [1.54, 1.807) is 4.90 Å². The minimum absolute atomic E-state index is 0.0522. The zero-order valence-corrected chi connectivity index (χ0v) is 23.8. The van der Waals surface area contributed by atoms with Crippen LogP contribution in [0.25, 0.3) is 6.08 Å². The molecule has 39 heavy (non-hydrogen) atoms. The van der Waals surface area contributed by atoms with Gasteiger partial charge in [0.2, 0.25) is 0 Å². The Morgan fingerprint density at radius 2 is 1.92 bits per heavy atom. The topological polar surface area (TPSA) is 52.7 Å². The molecule has 5 nitrogen and oxygen atoms in total. The Labute approximate surface area is 240 Å². The monoisotopic (exact) mass is 559 g/mol. The Morgan fingerprint density at radius 3 is 2.72 bits per heavy atom. The van der Waals surface area contributed by atoms with Gasteiger partial charge >= 0.3 is 0 Å². The second kappa shape index (κ2) is 12.9. The van der Waals surface area contributed by atoms with E-state index in [1.165, 1.54) is 31.1 Å². The molecular formula is C32H34ClN3O2S. The summed E-state index contributed by atoms with van der Waals surface area (Å²) in [5.41, 5.74) is 3.37. The molecule has 2 aliphatic heterocycles. The maximum atomic E-state index is 13.6. The smallest absolute Gasteiger partial charge is 0.265 e. The van der Waals surface area contributed by atoms with Gasteiger partial charge in [0.05, 0.1) is 17.1 Å². The molecule has 0 saturated carbocycles. The van der Waals surface area contributed by atoms with E-state index in [0.717, 1.165) is 47.1 Å². The van der Waals surface area contributed by atoms with Gasteiger partial charge < -0.3 is 15.1 Å². The Kier molecular flexibility index (Phi) is 9.07.